The van der Waals surface area contributed by atoms with Gasteiger partial charge in [-0.1, -0.05) is 39.8 Å². The second-order valence-corrected chi connectivity index (χ2v) is 5.76. The van der Waals surface area contributed by atoms with E-state index in [2.05, 4.69) is 15.9 Å². The number of halogens is 1. The summed E-state index contributed by atoms with van der Waals surface area (Å²) >= 11 is 4.58. The molecule has 1 aromatic carbocycles. The van der Waals surface area contributed by atoms with Gasteiger partial charge >= 0.3 is 5.97 Å². The molecule has 0 unspecified atom stereocenters. The molecule has 0 fully saturated rings. The molecule has 0 aliphatic rings. The molecule has 0 aliphatic carbocycles. The van der Waals surface area contributed by atoms with Crippen molar-refractivity contribution in [3.05, 3.63) is 39.9 Å². The van der Waals surface area contributed by atoms with Gasteiger partial charge in [-0.3, -0.25) is 4.79 Å². The Morgan fingerprint density at radius 3 is 2.78 bits per heavy atom. The van der Waals surface area contributed by atoms with Gasteiger partial charge in [-0.15, -0.1) is 0 Å². The molecule has 0 spiro atoms. The van der Waals surface area contributed by atoms with E-state index in [1.165, 1.54) is 18.7 Å². The van der Waals surface area contributed by atoms with Crippen molar-refractivity contribution in [3.8, 4) is 0 Å². The Morgan fingerprint density at radius 1 is 1.44 bits per heavy atom. The van der Waals surface area contributed by atoms with Crippen LogP contribution in [-0.2, 0) is 4.79 Å². The van der Waals surface area contributed by atoms with Crippen LogP contribution in [0.5, 0.6) is 0 Å². The molecule has 0 radical (unpaired) electrons. The zero-order valence-corrected chi connectivity index (χ0v) is 12.3. The second kappa shape index (κ2) is 7.38. The number of benzene rings is 1. The van der Waals surface area contributed by atoms with Gasteiger partial charge in [0.05, 0.1) is 5.56 Å². The first kappa shape index (κ1) is 15.0. The van der Waals surface area contributed by atoms with E-state index in [1.807, 2.05) is 6.08 Å². The minimum Gasteiger partial charge on any atom is -0.478 e. The number of hydrogen-bond donors (Lipinski definition) is 1. The highest BCUT2D eigenvalue weighted by molar-refractivity contribution is 9.10. The van der Waals surface area contributed by atoms with Crippen molar-refractivity contribution in [1.29, 1.82) is 0 Å². The van der Waals surface area contributed by atoms with Crippen LogP contribution in [0.2, 0.25) is 0 Å². The summed E-state index contributed by atoms with van der Waals surface area (Å²) in [6, 6.07) is 5.03. The van der Waals surface area contributed by atoms with Crippen molar-refractivity contribution in [2.45, 2.75) is 13.3 Å². The molecule has 0 aliphatic heterocycles. The summed E-state index contributed by atoms with van der Waals surface area (Å²) in [5.41, 5.74) is 0.929. The molecule has 5 heteroatoms. The summed E-state index contributed by atoms with van der Waals surface area (Å²) < 4.78 is 0.838. The van der Waals surface area contributed by atoms with E-state index in [0.29, 0.717) is 11.3 Å². The Balaban J connectivity index is 2.70. The monoisotopic (exact) mass is 328 g/mol. The molecule has 1 aromatic rings. The first-order valence-electron chi connectivity index (χ1n) is 5.33. The molecule has 0 amide bonds. The maximum Gasteiger partial charge on any atom is 0.336 e. The van der Waals surface area contributed by atoms with Crippen LogP contribution in [0.25, 0.3) is 6.08 Å². The van der Waals surface area contributed by atoms with E-state index in [4.69, 9.17) is 5.11 Å². The van der Waals surface area contributed by atoms with Crippen LogP contribution >= 0.6 is 27.7 Å². The first-order valence-corrected chi connectivity index (χ1v) is 7.11. The molecule has 0 saturated heterocycles. The number of carbonyl (C=O) groups excluding carboxylic acids is 1. The lowest BCUT2D eigenvalue weighted by Gasteiger charge is -2.01. The lowest BCUT2D eigenvalue weighted by molar-refractivity contribution is -0.109. The van der Waals surface area contributed by atoms with Gasteiger partial charge in [-0.2, -0.15) is 0 Å². The summed E-state index contributed by atoms with van der Waals surface area (Å²) in [6.07, 6.45) is 4.38. The Morgan fingerprint density at radius 2 is 2.17 bits per heavy atom. The fourth-order valence-electron chi connectivity index (χ4n) is 1.35. The van der Waals surface area contributed by atoms with Gasteiger partial charge in [-0.05, 0) is 30.2 Å². The number of allylic oxidation sites excluding steroid dienone is 1. The van der Waals surface area contributed by atoms with Crippen molar-refractivity contribution in [2.24, 2.45) is 0 Å². The number of carboxylic acid groups (broad SMARTS) is 1. The number of aromatic carboxylic acids is 1. The maximum atomic E-state index is 11.0. The van der Waals surface area contributed by atoms with Gasteiger partial charge in [0, 0.05) is 17.1 Å². The van der Waals surface area contributed by atoms with Gasteiger partial charge in [0.1, 0.15) is 0 Å². The van der Waals surface area contributed by atoms with Crippen molar-refractivity contribution < 1.29 is 14.7 Å². The Bertz CT molecular complexity index is 483. The number of hydrogen-bond acceptors (Lipinski definition) is 3. The molecule has 0 heterocycles. The molecule has 3 nitrogen and oxygen atoms in total. The molecule has 0 aromatic heterocycles. The zero-order chi connectivity index (χ0) is 13.5. The molecule has 0 saturated carbocycles. The van der Waals surface area contributed by atoms with Crippen LogP contribution in [-0.4, -0.2) is 21.9 Å². The number of carbonyl (C=O) groups is 2. The van der Waals surface area contributed by atoms with Crippen LogP contribution in [0.15, 0.2) is 28.7 Å². The minimum atomic E-state index is -0.944. The quantitative estimate of drug-likeness (QED) is 0.834. The molecule has 1 rings (SSSR count). The van der Waals surface area contributed by atoms with E-state index >= 15 is 0 Å². The predicted octanol–water partition coefficient (Wildman–Crippen LogP) is 3.83. The smallest absolute Gasteiger partial charge is 0.336 e. The van der Waals surface area contributed by atoms with Crippen LogP contribution in [0.1, 0.15) is 29.3 Å². The summed E-state index contributed by atoms with van der Waals surface area (Å²) in [5.74, 6) is -0.234. The fourth-order valence-corrected chi connectivity index (χ4v) is 2.27. The molecule has 96 valence electrons. The fraction of sp³-hybridized carbons (Fsp3) is 0.231. The molecule has 0 atom stereocenters. The lowest BCUT2D eigenvalue weighted by Crippen LogP contribution is -1.99. The minimum absolute atomic E-state index is 0.0945. The number of carboxylic acids is 1. The third kappa shape index (κ3) is 5.06. The van der Waals surface area contributed by atoms with Gasteiger partial charge < -0.3 is 5.11 Å². The van der Waals surface area contributed by atoms with E-state index < -0.39 is 5.97 Å². The SMILES string of the molecule is CC(=O)SCCC=Cc1cc(Br)ccc1C(=O)O. The molecule has 18 heavy (non-hydrogen) atoms. The largest absolute Gasteiger partial charge is 0.478 e. The van der Waals surface area contributed by atoms with Crippen molar-refractivity contribution in [1.82, 2.24) is 0 Å². The maximum absolute atomic E-state index is 11.0. The Kier molecular flexibility index (Phi) is 6.15. The number of rotatable bonds is 5. The van der Waals surface area contributed by atoms with E-state index in [9.17, 15) is 9.59 Å². The van der Waals surface area contributed by atoms with Gasteiger partial charge in [-0.25, -0.2) is 4.79 Å². The summed E-state index contributed by atoms with van der Waals surface area (Å²) in [4.78, 5) is 21.7. The second-order valence-electron chi connectivity index (χ2n) is 3.57. The standard InChI is InChI=1S/C13H13BrO3S/c1-9(15)18-7-3-2-4-10-8-11(14)5-6-12(10)13(16)17/h2,4-6,8H,3,7H2,1H3,(H,16,17). The van der Waals surface area contributed by atoms with Crippen LogP contribution in [0.4, 0.5) is 0 Å². The topological polar surface area (TPSA) is 54.4 Å². The van der Waals surface area contributed by atoms with Crippen molar-refractivity contribution in [2.75, 3.05) is 5.75 Å². The molecular formula is C13H13BrO3S. The lowest BCUT2D eigenvalue weighted by atomic mass is 10.1. The highest BCUT2D eigenvalue weighted by Gasteiger charge is 2.07. The van der Waals surface area contributed by atoms with E-state index in [1.54, 1.807) is 24.3 Å². The normalized spacial score (nSPS) is 10.8. The van der Waals surface area contributed by atoms with Gasteiger partial charge in [0.2, 0.25) is 0 Å². The van der Waals surface area contributed by atoms with Gasteiger partial charge in [0.25, 0.3) is 0 Å². The third-order valence-electron chi connectivity index (χ3n) is 2.13. The first-order chi connectivity index (χ1) is 8.50. The highest BCUT2D eigenvalue weighted by atomic mass is 79.9. The number of thioether (sulfide) groups is 1. The van der Waals surface area contributed by atoms with Crippen molar-refractivity contribution >= 4 is 44.9 Å². The molecular weight excluding hydrogens is 316 g/mol. The molecule has 1 N–H and O–H groups in total. The molecule has 0 bridgehead atoms. The van der Waals surface area contributed by atoms with Crippen LogP contribution in [0, 0.1) is 0 Å². The summed E-state index contributed by atoms with van der Waals surface area (Å²) in [5, 5.41) is 9.13. The Hall–Kier alpha value is -1.07. The predicted molar refractivity (Wildman–Crippen MR) is 77.9 cm³/mol. The Labute approximate surface area is 118 Å². The third-order valence-corrected chi connectivity index (χ3v) is 3.47. The average molecular weight is 329 g/mol. The summed E-state index contributed by atoms with van der Waals surface area (Å²) in [7, 11) is 0. The van der Waals surface area contributed by atoms with E-state index in [-0.39, 0.29) is 10.7 Å². The van der Waals surface area contributed by atoms with E-state index in [0.717, 1.165) is 10.9 Å². The van der Waals surface area contributed by atoms with Crippen LogP contribution < -0.4 is 0 Å². The zero-order valence-electron chi connectivity index (χ0n) is 9.85. The highest BCUT2D eigenvalue weighted by Crippen LogP contribution is 2.18. The van der Waals surface area contributed by atoms with Crippen LogP contribution in [0.3, 0.4) is 0 Å². The summed E-state index contributed by atoms with van der Waals surface area (Å²) in [6.45, 7) is 1.53. The van der Waals surface area contributed by atoms with Gasteiger partial charge in [0.15, 0.2) is 5.12 Å². The van der Waals surface area contributed by atoms with Crippen molar-refractivity contribution in [3.63, 3.8) is 0 Å². The average Bonchev–Trinajstić information content (AvgIpc) is 2.27.